The Balaban J connectivity index is 1.30. The minimum Gasteiger partial charge on any atom is -0.368 e. The molecule has 0 unspecified atom stereocenters. The summed E-state index contributed by atoms with van der Waals surface area (Å²) in [5.74, 6) is 1.20. The molecule has 1 saturated heterocycles. The molecule has 0 saturated carbocycles. The number of aryl methyl sites for hydroxylation is 2. The summed E-state index contributed by atoms with van der Waals surface area (Å²) in [6.45, 7) is 4.73. The van der Waals surface area contributed by atoms with Gasteiger partial charge in [0.25, 0.3) is 0 Å². The van der Waals surface area contributed by atoms with Crippen LogP contribution in [0.25, 0.3) is 0 Å². The number of aromatic nitrogens is 5. The third-order valence-corrected chi connectivity index (χ3v) is 5.00. The standard InChI is InChI=1S/C16H22N6O2/c1-12-17-5-8-20(12)6-2-3-16(23)21-7-4-14-15(10-21)24-11-13-9-18-19-22(13)14/h5,8-9,14-15H,2-4,6-7,10-11H2,1H3/t14-,15-/m0/s1. The third kappa shape index (κ3) is 2.82. The Labute approximate surface area is 140 Å². The molecular formula is C16H22N6O2. The molecule has 2 atom stereocenters. The van der Waals surface area contributed by atoms with E-state index in [2.05, 4.69) is 19.9 Å². The van der Waals surface area contributed by atoms with Crippen molar-refractivity contribution >= 4 is 5.91 Å². The zero-order valence-corrected chi connectivity index (χ0v) is 13.8. The summed E-state index contributed by atoms with van der Waals surface area (Å²) in [5.41, 5.74) is 1.02. The number of hydrogen-bond acceptors (Lipinski definition) is 5. The first kappa shape index (κ1) is 15.3. The first-order valence-corrected chi connectivity index (χ1v) is 8.48. The second-order valence-corrected chi connectivity index (χ2v) is 6.49. The van der Waals surface area contributed by atoms with Crippen molar-refractivity contribution in [2.45, 2.75) is 51.5 Å². The number of likely N-dealkylation sites (tertiary alicyclic amines) is 1. The number of carbonyl (C=O) groups is 1. The van der Waals surface area contributed by atoms with E-state index in [9.17, 15) is 4.79 Å². The number of fused-ring (bicyclic) bond motifs is 3. The van der Waals surface area contributed by atoms with Crippen molar-refractivity contribution in [3.63, 3.8) is 0 Å². The first-order chi connectivity index (χ1) is 11.7. The van der Waals surface area contributed by atoms with Gasteiger partial charge in [0, 0.05) is 38.4 Å². The average Bonchev–Trinajstić information content (AvgIpc) is 3.23. The van der Waals surface area contributed by atoms with E-state index in [4.69, 9.17) is 4.74 Å². The molecule has 8 heteroatoms. The molecule has 0 spiro atoms. The molecule has 4 rings (SSSR count). The van der Waals surface area contributed by atoms with Crippen LogP contribution in [0.2, 0.25) is 0 Å². The zero-order valence-electron chi connectivity index (χ0n) is 13.8. The van der Waals surface area contributed by atoms with Gasteiger partial charge >= 0.3 is 0 Å². The van der Waals surface area contributed by atoms with Crippen molar-refractivity contribution in [2.75, 3.05) is 13.1 Å². The molecule has 0 N–H and O–H groups in total. The Hall–Kier alpha value is -2.22. The van der Waals surface area contributed by atoms with E-state index in [1.807, 2.05) is 22.7 Å². The number of nitrogens with zero attached hydrogens (tertiary/aromatic N) is 6. The SMILES string of the molecule is Cc1nccn1CCCC(=O)N1CC[C@H]2[C@H](C1)OCc1cnnn12. The van der Waals surface area contributed by atoms with Gasteiger partial charge in [-0.15, -0.1) is 5.10 Å². The molecular weight excluding hydrogens is 308 g/mol. The van der Waals surface area contributed by atoms with Crippen LogP contribution in [-0.2, 0) is 22.7 Å². The van der Waals surface area contributed by atoms with Crippen LogP contribution in [0.15, 0.2) is 18.6 Å². The molecule has 1 amide bonds. The van der Waals surface area contributed by atoms with Crippen LogP contribution in [0, 0.1) is 6.92 Å². The van der Waals surface area contributed by atoms with E-state index in [-0.39, 0.29) is 18.1 Å². The summed E-state index contributed by atoms with van der Waals surface area (Å²) in [5, 5.41) is 8.14. The number of amides is 1. The highest BCUT2D eigenvalue weighted by Crippen LogP contribution is 2.30. The number of ether oxygens (including phenoxy) is 1. The van der Waals surface area contributed by atoms with Crippen LogP contribution in [0.1, 0.15) is 36.8 Å². The van der Waals surface area contributed by atoms with E-state index in [1.165, 1.54) is 0 Å². The number of hydrogen-bond donors (Lipinski definition) is 0. The molecule has 24 heavy (non-hydrogen) atoms. The molecule has 0 radical (unpaired) electrons. The summed E-state index contributed by atoms with van der Waals surface area (Å²) >= 11 is 0. The van der Waals surface area contributed by atoms with Gasteiger partial charge in [0.2, 0.25) is 5.91 Å². The van der Waals surface area contributed by atoms with Gasteiger partial charge in [-0.1, -0.05) is 5.21 Å². The molecule has 2 aliphatic heterocycles. The Bertz CT molecular complexity index is 724. The minimum absolute atomic E-state index is 0.0211. The lowest BCUT2D eigenvalue weighted by Crippen LogP contribution is -2.50. The summed E-state index contributed by atoms with van der Waals surface area (Å²) in [6, 6.07) is 0.203. The van der Waals surface area contributed by atoms with Gasteiger partial charge < -0.3 is 14.2 Å². The van der Waals surface area contributed by atoms with Gasteiger partial charge in [0.15, 0.2) is 0 Å². The van der Waals surface area contributed by atoms with E-state index in [1.54, 1.807) is 12.4 Å². The van der Waals surface area contributed by atoms with Crippen molar-refractivity contribution in [3.05, 3.63) is 30.1 Å². The molecule has 0 bridgehead atoms. The monoisotopic (exact) mass is 330 g/mol. The lowest BCUT2D eigenvalue weighted by atomic mass is 9.99. The fourth-order valence-electron chi connectivity index (χ4n) is 3.61. The summed E-state index contributed by atoms with van der Waals surface area (Å²) in [7, 11) is 0. The van der Waals surface area contributed by atoms with Gasteiger partial charge in [-0.2, -0.15) is 0 Å². The maximum Gasteiger partial charge on any atom is 0.222 e. The molecule has 0 aromatic carbocycles. The molecule has 2 aromatic rings. The Morgan fingerprint density at radius 2 is 2.38 bits per heavy atom. The lowest BCUT2D eigenvalue weighted by molar-refractivity contribution is -0.139. The van der Waals surface area contributed by atoms with Gasteiger partial charge in [0.1, 0.15) is 5.82 Å². The molecule has 0 aliphatic carbocycles. The van der Waals surface area contributed by atoms with Crippen molar-refractivity contribution < 1.29 is 9.53 Å². The van der Waals surface area contributed by atoms with E-state index in [0.717, 1.165) is 37.4 Å². The number of rotatable bonds is 4. The highest BCUT2D eigenvalue weighted by molar-refractivity contribution is 5.76. The molecule has 2 aromatic heterocycles. The number of carbonyl (C=O) groups excluding carboxylic acids is 1. The average molecular weight is 330 g/mol. The van der Waals surface area contributed by atoms with Gasteiger partial charge in [0.05, 0.1) is 30.6 Å². The maximum absolute atomic E-state index is 12.5. The van der Waals surface area contributed by atoms with Crippen molar-refractivity contribution in [1.82, 2.24) is 29.4 Å². The summed E-state index contributed by atoms with van der Waals surface area (Å²) in [4.78, 5) is 18.6. The Kier molecular flexibility index (Phi) is 4.05. The van der Waals surface area contributed by atoms with Gasteiger partial charge in [-0.3, -0.25) is 4.79 Å². The predicted molar refractivity (Wildman–Crippen MR) is 85.0 cm³/mol. The Morgan fingerprint density at radius 3 is 3.21 bits per heavy atom. The topological polar surface area (TPSA) is 78.1 Å². The fraction of sp³-hybridized carbons (Fsp3) is 0.625. The number of piperidine rings is 1. The minimum atomic E-state index is 0.0211. The molecule has 2 aliphatic rings. The smallest absolute Gasteiger partial charge is 0.222 e. The van der Waals surface area contributed by atoms with Crippen molar-refractivity contribution in [3.8, 4) is 0 Å². The van der Waals surface area contributed by atoms with Crippen LogP contribution in [0.4, 0.5) is 0 Å². The van der Waals surface area contributed by atoms with Crippen LogP contribution in [0.3, 0.4) is 0 Å². The van der Waals surface area contributed by atoms with Gasteiger partial charge in [-0.05, 0) is 19.8 Å². The Morgan fingerprint density at radius 1 is 1.46 bits per heavy atom. The van der Waals surface area contributed by atoms with E-state index < -0.39 is 0 Å². The predicted octanol–water partition coefficient (Wildman–Crippen LogP) is 0.936. The van der Waals surface area contributed by atoms with E-state index >= 15 is 0 Å². The largest absolute Gasteiger partial charge is 0.368 e. The quantitative estimate of drug-likeness (QED) is 0.833. The van der Waals surface area contributed by atoms with Crippen molar-refractivity contribution in [2.24, 2.45) is 0 Å². The summed E-state index contributed by atoms with van der Waals surface area (Å²) in [6.07, 6.45) is 7.78. The molecule has 8 nitrogen and oxygen atoms in total. The number of imidazole rings is 1. The van der Waals surface area contributed by atoms with Crippen LogP contribution in [0.5, 0.6) is 0 Å². The van der Waals surface area contributed by atoms with E-state index in [0.29, 0.717) is 19.6 Å². The molecule has 128 valence electrons. The zero-order chi connectivity index (χ0) is 16.5. The first-order valence-electron chi connectivity index (χ1n) is 8.48. The molecule has 1 fully saturated rings. The van der Waals surface area contributed by atoms with Crippen LogP contribution < -0.4 is 0 Å². The second kappa shape index (κ2) is 6.35. The summed E-state index contributed by atoms with van der Waals surface area (Å²) < 4.78 is 9.97. The van der Waals surface area contributed by atoms with Crippen molar-refractivity contribution in [1.29, 1.82) is 0 Å². The maximum atomic E-state index is 12.5. The fourth-order valence-corrected chi connectivity index (χ4v) is 3.61. The lowest BCUT2D eigenvalue weighted by Gasteiger charge is -2.41. The van der Waals surface area contributed by atoms with Crippen LogP contribution in [-0.4, -0.2) is 54.5 Å². The third-order valence-electron chi connectivity index (χ3n) is 5.00. The van der Waals surface area contributed by atoms with Gasteiger partial charge in [-0.25, -0.2) is 9.67 Å². The highest BCUT2D eigenvalue weighted by Gasteiger charge is 2.37. The second-order valence-electron chi connectivity index (χ2n) is 6.49. The highest BCUT2D eigenvalue weighted by atomic mass is 16.5. The molecule has 4 heterocycles. The van der Waals surface area contributed by atoms with Crippen LogP contribution >= 0.6 is 0 Å². The normalized spacial score (nSPS) is 23.0.